The highest BCUT2D eigenvalue weighted by Gasteiger charge is 2.49. The number of aromatic nitrogens is 2. The van der Waals surface area contributed by atoms with Gasteiger partial charge in [-0.2, -0.15) is 0 Å². The van der Waals surface area contributed by atoms with Gasteiger partial charge in [0.25, 0.3) is 13.4 Å². The van der Waals surface area contributed by atoms with Gasteiger partial charge in [-0.3, -0.25) is 0 Å². The molecule has 14 aromatic carbocycles. The molecule has 0 aliphatic carbocycles. The van der Waals surface area contributed by atoms with Crippen molar-refractivity contribution >= 4 is 137 Å². The highest BCUT2D eigenvalue weighted by atomic mass is 16.4. The molecule has 0 saturated heterocycles. The molecule has 760 valence electrons. The molecule has 0 fully saturated rings. The zero-order valence-corrected chi connectivity index (χ0v) is 96.5. The highest BCUT2D eigenvalue weighted by molar-refractivity contribution is 7.01. The number of hydrogen-bond acceptors (Lipinski definition) is 8. The third-order valence-electron chi connectivity index (χ3n) is 31.8. The van der Waals surface area contributed by atoms with Crippen molar-refractivity contribution < 1.29 is 8.83 Å². The van der Waals surface area contributed by atoms with Crippen LogP contribution in [0.3, 0.4) is 0 Å². The van der Waals surface area contributed by atoms with Gasteiger partial charge >= 0.3 is 0 Å². The molecule has 0 amide bonds. The summed E-state index contributed by atoms with van der Waals surface area (Å²) in [4.78, 5) is 21.1. The molecule has 8 nitrogen and oxygen atoms in total. The molecule has 0 atom stereocenters. The van der Waals surface area contributed by atoms with Crippen molar-refractivity contribution in [3.8, 4) is 45.2 Å². The first-order valence-electron chi connectivity index (χ1n) is 54.3. The largest absolute Gasteiger partial charge is 0.436 e. The summed E-state index contributed by atoms with van der Waals surface area (Å²) in [5.41, 5.74) is 48.1. The van der Waals surface area contributed by atoms with Crippen LogP contribution in [0.1, 0.15) is 342 Å². The van der Waals surface area contributed by atoms with Gasteiger partial charge in [0.1, 0.15) is 11.0 Å². The fourth-order valence-corrected chi connectivity index (χ4v) is 21.9. The zero-order chi connectivity index (χ0) is 107. The summed E-state index contributed by atoms with van der Waals surface area (Å²) in [5.74, 6) is 1.24. The van der Waals surface area contributed by atoms with E-state index in [4.69, 9.17) is 18.8 Å². The lowest BCUT2D eigenvalue weighted by atomic mass is 9.33. The Kier molecular flexibility index (Phi) is 24.9. The maximum atomic E-state index is 6.99. The van der Waals surface area contributed by atoms with Crippen molar-refractivity contribution in [2.24, 2.45) is 0 Å². The lowest BCUT2D eigenvalue weighted by molar-refractivity contribution is 0.568. The Morgan fingerprint density at radius 3 is 0.622 bits per heavy atom. The van der Waals surface area contributed by atoms with Crippen LogP contribution < -0.4 is 52.4 Å². The van der Waals surface area contributed by atoms with Crippen LogP contribution in [0.2, 0.25) is 0 Å². The van der Waals surface area contributed by atoms with Gasteiger partial charge in [-0.1, -0.05) is 397 Å². The van der Waals surface area contributed by atoms with Crippen LogP contribution in [0.15, 0.2) is 270 Å². The predicted octanol–water partition coefficient (Wildman–Crippen LogP) is 35.4. The number of hydrogen-bond donors (Lipinski definition) is 0. The number of oxazole rings is 2. The van der Waals surface area contributed by atoms with Crippen LogP contribution >= 0.6 is 0 Å². The van der Waals surface area contributed by atoms with Gasteiger partial charge in [0, 0.05) is 79.4 Å². The minimum atomic E-state index is -0.168. The first-order chi connectivity index (χ1) is 68.5. The normalized spacial score (nSPS) is 14.2. The Hall–Kier alpha value is -12.7. The van der Waals surface area contributed by atoms with Gasteiger partial charge in [0.05, 0.1) is 0 Å². The van der Waals surface area contributed by atoms with Gasteiger partial charge in [0.2, 0.25) is 11.8 Å². The highest BCUT2D eigenvalue weighted by Crippen LogP contribution is 2.54. The van der Waals surface area contributed by atoms with E-state index in [0.29, 0.717) is 11.8 Å². The average Bonchev–Trinajstić information content (AvgIpc) is 0.936. The smallest absolute Gasteiger partial charge is 0.252 e. The summed E-state index contributed by atoms with van der Waals surface area (Å²) in [6.45, 7) is 90.6. The summed E-state index contributed by atoms with van der Waals surface area (Å²) in [6.07, 6.45) is 0. The summed E-state index contributed by atoms with van der Waals surface area (Å²) >= 11 is 0. The summed E-state index contributed by atoms with van der Waals surface area (Å²) in [6, 6.07) is 101. The first kappa shape index (κ1) is 104. The molecule has 0 bridgehead atoms. The summed E-state index contributed by atoms with van der Waals surface area (Å²) in [5, 5.41) is 0. The van der Waals surface area contributed by atoms with Crippen molar-refractivity contribution in [3.05, 3.63) is 333 Å². The Labute approximate surface area is 887 Å². The van der Waals surface area contributed by atoms with E-state index in [-0.39, 0.29) is 83.8 Å². The van der Waals surface area contributed by atoms with E-state index in [9.17, 15) is 0 Å². The van der Waals surface area contributed by atoms with Crippen molar-refractivity contribution in [1.82, 2.24) is 9.97 Å². The maximum Gasteiger partial charge on any atom is 0.252 e. The van der Waals surface area contributed by atoms with Crippen LogP contribution in [0.25, 0.3) is 67.4 Å². The Balaban J connectivity index is 0.000000186. The van der Waals surface area contributed by atoms with Crippen molar-refractivity contribution in [3.63, 3.8) is 0 Å². The molecule has 0 unspecified atom stereocenters. The SMILES string of the molecule is CC(C)(C)c1ccc(-c2ccc(-c3nc4cc5c(cc4o3)B3c4cc(C(C)(C)C)ccc4N(c4cc(C(C)(C)C)cc(C(C)(C)C)c4)c4cc(C(C)(C)C)cc(c43)N5c3cc(C(C)(C)C)cc(C(C)(C)C)c3)cc2)cc1.CC(C)(C)c1ccc(-c2ccc(-c3nc4cc5c(cc4o3)B3c4cc(C(C)(C)C)ccc4N(c4ccc(C(C)(C)C)cc4)c4cc(C(C)(C)C)cc(c43)N5c3cc(C(C)(C)C)cc(C(C)(C)C)c3)cc2)cc1. The molecule has 2 aromatic heterocycles. The minimum absolute atomic E-state index is 0.0301. The molecule has 4 aliphatic heterocycles. The molecule has 0 saturated carbocycles. The summed E-state index contributed by atoms with van der Waals surface area (Å²) in [7, 11) is 0. The van der Waals surface area contributed by atoms with E-state index >= 15 is 0 Å². The van der Waals surface area contributed by atoms with Crippen LogP contribution in [0, 0.1) is 0 Å². The van der Waals surface area contributed by atoms with Gasteiger partial charge in [0.15, 0.2) is 11.2 Å². The lowest BCUT2D eigenvalue weighted by Crippen LogP contribution is -2.61. The van der Waals surface area contributed by atoms with Crippen LogP contribution in [-0.4, -0.2) is 23.4 Å². The van der Waals surface area contributed by atoms with Gasteiger partial charge in [-0.25, -0.2) is 9.97 Å². The van der Waals surface area contributed by atoms with Crippen LogP contribution in [0.5, 0.6) is 0 Å². The second kappa shape index (κ2) is 35.5. The predicted molar refractivity (Wildman–Crippen MR) is 641 cm³/mol. The van der Waals surface area contributed by atoms with Crippen LogP contribution in [-0.2, 0) is 70.4 Å². The molecule has 4 aliphatic rings. The van der Waals surface area contributed by atoms with E-state index in [1.165, 1.54) is 167 Å². The molecule has 6 heterocycles. The molecule has 10 heteroatoms. The van der Waals surface area contributed by atoms with Gasteiger partial charge in [-0.15, -0.1) is 0 Å². The standard InChI is InChI=1S/C71H84BN3O.C67H76BN3O/c1-65(2,3)46-28-26-44(27-29-46)43-22-24-45(25-23-43)64-73-57-42-59-56(41-62(57)76-64)72-55-38-47(66(4,5)6)30-31-58(55)74(53-34-48(67(7,8)9)32-49(35-53)68(10,11)12)60-39-52(71(19,20)21)40-61(63(60)72)75(59)54-36-50(69(13,14)15)33-51(37-54)70(16,17)18;1-62(2,3)44-25-23-42(24-26-44)41-19-21-43(22-20-41)61-69-54-40-56-53(39-59(54)72-61)68-52-36-46(64(7,8)9)29-32-55(52)70(50-30-27-45(28-31-50)63(4,5)6)57-37-49(67(16,17)18)38-58(60(57)68)71(56)51-34-47(65(10,11)12)33-48(35-51)66(13,14)15/h22-42H,1-21H3;19-40H,1-18H3. The third kappa shape index (κ3) is 19.6. The third-order valence-corrected chi connectivity index (χ3v) is 31.8. The Bertz CT molecular complexity index is 7780. The van der Waals surface area contributed by atoms with E-state index in [1.54, 1.807) is 0 Å². The van der Waals surface area contributed by atoms with Crippen molar-refractivity contribution in [2.45, 2.75) is 340 Å². The minimum Gasteiger partial charge on any atom is -0.436 e. The molecule has 16 aromatic rings. The maximum absolute atomic E-state index is 6.99. The number of nitrogens with zero attached hydrogens (tertiary/aromatic N) is 6. The van der Waals surface area contributed by atoms with Crippen molar-refractivity contribution in [2.75, 3.05) is 19.6 Å². The lowest BCUT2D eigenvalue weighted by Gasteiger charge is -2.46. The number of rotatable bonds is 8. The molecular formula is C138H160B2N6O2. The topological polar surface area (TPSA) is 65.0 Å². The molecule has 148 heavy (non-hydrogen) atoms. The monoisotopic (exact) mass is 1960 g/mol. The first-order valence-corrected chi connectivity index (χ1v) is 54.3. The zero-order valence-electron chi connectivity index (χ0n) is 96.5. The molecule has 0 radical (unpaired) electrons. The molecule has 0 spiro atoms. The Morgan fingerprint density at radius 1 is 0.169 bits per heavy atom. The van der Waals surface area contributed by atoms with E-state index in [0.717, 1.165) is 61.8 Å². The molecule has 20 rings (SSSR count). The van der Waals surface area contributed by atoms with Crippen molar-refractivity contribution in [1.29, 1.82) is 0 Å². The van der Waals surface area contributed by atoms with Gasteiger partial charge in [-0.05, 0) is 331 Å². The van der Waals surface area contributed by atoms with E-state index in [2.05, 4.69) is 550 Å². The second-order valence-corrected chi connectivity index (χ2v) is 56.8. The molecular weight excluding hydrogens is 1800 g/mol. The fraction of sp³-hybridized carbons (Fsp3) is 0.377. The second-order valence-electron chi connectivity index (χ2n) is 56.8. The number of anilines is 12. The summed E-state index contributed by atoms with van der Waals surface area (Å²) < 4.78 is 13.9. The fourth-order valence-electron chi connectivity index (χ4n) is 21.9. The quantitative estimate of drug-likeness (QED) is 0.139. The Morgan fingerprint density at radius 2 is 0.372 bits per heavy atom. The number of benzene rings is 14. The van der Waals surface area contributed by atoms with E-state index < -0.39 is 0 Å². The average molecular weight is 1960 g/mol. The van der Waals surface area contributed by atoms with Gasteiger partial charge < -0.3 is 28.4 Å². The number of fused-ring (bicyclic) bond motifs is 10. The molecule has 0 N–H and O–H groups in total. The van der Waals surface area contributed by atoms with E-state index in [1.807, 2.05) is 0 Å². The van der Waals surface area contributed by atoms with Crippen LogP contribution in [0.4, 0.5) is 68.2 Å².